The first-order valence-electron chi connectivity index (χ1n) is 11.6. The lowest BCUT2D eigenvalue weighted by Crippen LogP contribution is -2.56. The third kappa shape index (κ3) is 8.61. The number of carboxylic acids is 1. The van der Waals surface area contributed by atoms with Crippen LogP contribution in [-0.2, 0) is 27.4 Å². The van der Waals surface area contributed by atoms with Crippen molar-refractivity contribution >= 4 is 17.8 Å². The van der Waals surface area contributed by atoms with E-state index in [1.165, 1.54) is 31.2 Å². The lowest BCUT2D eigenvalue weighted by atomic mass is 10.0. The topological polar surface area (TPSA) is 122 Å². The van der Waals surface area contributed by atoms with E-state index in [-0.39, 0.29) is 19.1 Å². The molecule has 0 aliphatic carbocycles. The first-order chi connectivity index (χ1) is 16.3. The summed E-state index contributed by atoms with van der Waals surface area (Å²) in [5, 5.41) is 11.3. The normalized spacial score (nSPS) is 12.6. The van der Waals surface area contributed by atoms with Crippen LogP contribution < -0.4 is 11.1 Å². The molecule has 0 spiro atoms. The maximum Gasteiger partial charge on any atom is 0.341 e. The molecule has 0 aliphatic rings. The Morgan fingerprint density at radius 2 is 1.68 bits per heavy atom. The van der Waals surface area contributed by atoms with Crippen molar-refractivity contribution in [2.45, 2.75) is 57.8 Å². The molecular formula is C26H35N3O5. The molecule has 2 amide bonds. The number of ether oxygens (including phenoxy) is 1. The second-order valence-electron chi connectivity index (χ2n) is 8.26. The summed E-state index contributed by atoms with van der Waals surface area (Å²) < 4.78 is 5.69. The molecule has 0 fully saturated rings. The van der Waals surface area contributed by atoms with Crippen molar-refractivity contribution in [2.24, 2.45) is 5.73 Å². The highest BCUT2D eigenvalue weighted by molar-refractivity contribution is 5.98. The molecule has 0 heterocycles. The number of carbonyl (C=O) groups excluding carboxylic acids is 2. The number of aliphatic carboxylic acids is 1. The first kappa shape index (κ1) is 27.0. The van der Waals surface area contributed by atoms with Gasteiger partial charge < -0.3 is 25.8 Å². The molecule has 184 valence electrons. The number of carbonyl (C=O) groups is 3. The molecule has 2 atom stereocenters. The van der Waals surface area contributed by atoms with Crippen molar-refractivity contribution in [3.63, 3.8) is 0 Å². The maximum absolute atomic E-state index is 13.1. The Labute approximate surface area is 201 Å². The number of aryl methyl sites for hydroxylation is 1. The Morgan fingerprint density at radius 1 is 1.00 bits per heavy atom. The second-order valence-corrected chi connectivity index (χ2v) is 8.26. The maximum atomic E-state index is 13.1. The van der Waals surface area contributed by atoms with Crippen molar-refractivity contribution in [1.82, 2.24) is 10.2 Å². The number of nitrogens with one attached hydrogen (secondary N) is 1. The van der Waals surface area contributed by atoms with Crippen molar-refractivity contribution < 1.29 is 24.2 Å². The van der Waals surface area contributed by atoms with Crippen molar-refractivity contribution in [2.75, 3.05) is 13.7 Å². The van der Waals surface area contributed by atoms with E-state index < -0.39 is 24.1 Å². The Morgan fingerprint density at radius 3 is 2.29 bits per heavy atom. The van der Waals surface area contributed by atoms with E-state index in [4.69, 9.17) is 15.6 Å². The van der Waals surface area contributed by atoms with Gasteiger partial charge in [0, 0.05) is 12.6 Å². The molecule has 8 heteroatoms. The largest absolute Gasteiger partial charge is 0.479 e. The summed E-state index contributed by atoms with van der Waals surface area (Å²) in [5.41, 5.74) is 7.96. The van der Waals surface area contributed by atoms with Gasteiger partial charge in [0.15, 0.2) is 6.17 Å². The third-order valence-electron chi connectivity index (χ3n) is 5.56. The van der Waals surface area contributed by atoms with Crippen LogP contribution in [0.3, 0.4) is 0 Å². The number of rotatable bonds is 14. The van der Waals surface area contributed by atoms with E-state index in [1.54, 1.807) is 12.1 Å². The standard InChI is InChI=1S/C26H35N3O5/c1-3-4-5-7-10-19-13-15-21(16-14-19)25(31)29(2)22(24(30)28-23(27)26(32)33)18-34-17-20-11-8-6-9-12-20/h6,8-9,11-16,22-23H,3-5,7,10,17-18,27H2,1-2H3,(H,28,30)(H,32,33)/t22-,23+/m1/s1. The van der Waals surface area contributed by atoms with Gasteiger partial charge in [0.2, 0.25) is 5.91 Å². The monoisotopic (exact) mass is 469 g/mol. The summed E-state index contributed by atoms with van der Waals surface area (Å²) in [6, 6.07) is 15.7. The molecule has 2 aromatic carbocycles. The lowest BCUT2D eigenvalue weighted by molar-refractivity contribution is -0.142. The van der Waals surface area contributed by atoms with Crippen LogP contribution >= 0.6 is 0 Å². The zero-order valence-electron chi connectivity index (χ0n) is 19.9. The number of nitrogens with zero attached hydrogens (tertiary/aromatic N) is 1. The van der Waals surface area contributed by atoms with Crippen molar-refractivity contribution in [1.29, 1.82) is 0 Å². The van der Waals surface area contributed by atoms with Gasteiger partial charge in [0.1, 0.15) is 6.04 Å². The van der Waals surface area contributed by atoms with Gasteiger partial charge in [0.05, 0.1) is 13.2 Å². The van der Waals surface area contributed by atoms with Gasteiger partial charge in [-0.05, 0) is 36.1 Å². The fourth-order valence-electron chi connectivity index (χ4n) is 3.45. The highest BCUT2D eigenvalue weighted by Crippen LogP contribution is 2.13. The zero-order valence-corrected chi connectivity index (χ0v) is 19.9. The molecule has 0 unspecified atom stereocenters. The Kier molecular flexibility index (Phi) is 11.2. The van der Waals surface area contributed by atoms with E-state index in [0.29, 0.717) is 5.56 Å². The van der Waals surface area contributed by atoms with Crippen LogP contribution in [0.25, 0.3) is 0 Å². The Bertz CT molecular complexity index is 918. The van der Waals surface area contributed by atoms with Crippen molar-refractivity contribution in [3.8, 4) is 0 Å². The highest BCUT2D eigenvalue weighted by Gasteiger charge is 2.30. The van der Waals surface area contributed by atoms with Gasteiger partial charge in [-0.25, -0.2) is 4.79 Å². The number of likely N-dealkylation sites (N-methyl/N-ethyl adjacent to an activating group) is 1. The molecule has 0 radical (unpaired) electrons. The molecule has 2 rings (SSSR count). The van der Waals surface area contributed by atoms with Gasteiger partial charge >= 0.3 is 5.97 Å². The summed E-state index contributed by atoms with van der Waals surface area (Å²) >= 11 is 0. The molecule has 0 aromatic heterocycles. The average molecular weight is 470 g/mol. The van der Waals surface area contributed by atoms with E-state index in [1.807, 2.05) is 42.5 Å². The van der Waals surface area contributed by atoms with Crippen LogP contribution in [0.1, 0.15) is 54.1 Å². The van der Waals surface area contributed by atoms with E-state index in [9.17, 15) is 14.4 Å². The minimum Gasteiger partial charge on any atom is -0.479 e. The number of unbranched alkanes of at least 4 members (excludes halogenated alkanes) is 3. The van der Waals surface area contributed by atoms with Crippen LogP contribution in [0, 0.1) is 0 Å². The fourth-order valence-corrected chi connectivity index (χ4v) is 3.45. The summed E-state index contributed by atoms with van der Waals surface area (Å²) in [5.74, 6) is -2.45. The number of hydrogen-bond acceptors (Lipinski definition) is 5. The molecule has 0 aliphatic heterocycles. The van der Waals surface area contributed by atoms with Crippen LogP contribution in [0.2, 0.25) is 0 Å². The number of amides is 2. The molecular weight excluding hydrogens is 434 g/mol. The van der Waals surface area contributed by atoms with E-state index in [0.717, 1.165) is 24.0 Å². The predicted octanol–water partition coefficient (Wildman–Crippen LogP) is 2.95. The lowest BCUT2D eigenvalue weighted by Gasteiger charge is -2.28. The summed E-state index contributed by atoms with van der Waals surface area (Å²) in [6.45, 7) is 2.29. The molecule has 0 bridgehead atoms. The molecule has 2 aromatic rings. The number of nitrogens with two attached hydrogens (primary N) is 1. The summed E-state index contributed by atoms with van der Waals surface area (Å²) in [6.07, 6.45) is 4.04. The van der Waals surface area contributed by atoms with E-state index >= 15 is 0 Å². The quantitative estimate of drug-likeness (QED) is 0.289. The molecule has 4 N–H and O–H groups in total. The second kappa shape index (κ2) is 14.1. The van der Waals surface area contributed by atoms with Crippen LogP contribution in [0.15, 0.2) is 54.6 Å². The van der Waals surface area contributed by atoms with Gasteiger partial charge in [-0.3, -0.25) is 9.59 Å². The SMILES string of the molecule is CCCCCCc1ccc(C(=O)N(C)[C@H](COCc2ccccc2)C(=O)N[C@H](N)C(=O)O)cc1. The first-order valence-corrected chi connectivity index (χ1v) is 11.6. The molecule has 8 nitrogen and oxygen atoms in total. The number of carboxylic acid groups (broad SMARTS) is 1. The zero-order chi connectivity index (χ0) is 24.9. The number of benzene rings is 2. The van der Waals surface area contributed by atoms with Gasteiger partial charge in [-0.1, -0.05) is 68.7 Å². The fraction of sp³-hybridized carbons (Fsp3) is 0.423. The third-order valence-corrected chi connectivity index (χ3v) is 5.56. The van der Waals surface area contributed by atoms with Crippen LogP contribution in [0.4, 0.5) is 0 Å². The van der Waals surface area contributed by atoms with Gasteiger partial charge in [-0.15, -0.1) is 0 Å². The van der Waals surface area contributed by atoms with Gasteiger partial charge in [0.25, 0.3) is 5.91 Å². The number of hydrogen-bond donors (Lipinski definition) is 3. The van der Waals surface area contributed by atoms with E-state index in [2.05, 4.69) is 12.2 Å². The van der Waals surface area contributed by atoms with Crippen LogP contribution in [-0.4, -0.2) is 53.7 Å². The predicted molar refractivity (Wildman–Crippen MR) is 130 cm³/mol. The molecule has 0 saturated carbocycles. The minimum atomic E-state index is -1.58. The minimum absolute atomic E-state index is 0.120. The molecule has 34 heavy (non-hydrogen) atoms. The Balaban J connectivity index is 2.07. The Hall–Kier alpha value is -3.23. The van der Waals surface area contributed by atoms with Crippen LogP contribution in [0.5, 0.6) is 0 Å². The summed E-state index contributed by atoms with van der Waals surface area (Å²) in [4.78, 5) is 38.2. The van der Waals surface area contributed by atoms with Crippen molar-refractivity contribution in [3.05, 3.63) is 71.3 Å². The highest BCUT2D eigenvalue weighted by atomic mass is 16.5. The molecule has 0 saturated heterocycles. The summed E-state index contributed by atoms with van der Waals surface area (Å²) in [7, 11) is 1.49. The smallest absolute Gasteiger partial charge is 0.341 e. The van der Waals surface area contributed by atoms with Gasteiger partial charge in [-0.2, -0.15) is 0 Å². The average Bonchev–Trinajstić information content (AvgIpc) is 2.84.